The Morgan fingerprint density at radius 2 is 1.47 bits per heavy atom. The van der Waals surface area contributed by atoms with Crippen molar-refractivity contribution < 1.29 is 13.2 Å². The molecule has 2 aromatic rings. The van der Waals surface area contributed by atoms with E-state index in [2.05, 4.69) is 15.1 Å². The normalized spacial score (nSPS) is 18.6. The number of piperidine rings is 2. The Balaban J connectivity index is 1.17. The van der Waals surface area contributed by atoms with Crippen molar-refractivity contribution in [1.29, 1.82) is 0 Å². The lowest BCUT2D eigenvalue weighted by molar-refractivity contribution is 0.0903. The second-order valence-corrected chi connectivity index (χ2v) is 11.0. The van der Waals surface area contributed by atoms with Crippen LogP contribution in [0.3, 0.4) is 0 Å². The molecule has 0 aromatic heterocycles. The van der Waals surface area contributed by atoms with Gasteiger partial charge in [-0.1, -0.05) is 30.7 Å². The van der Waals surface area contributed by atoms with Crippen LogP contribution in [0.5, 0.6) is 0 Å². The predicted molar refractivity (Wildman–Crippen MR) is 135 cm³/mol. The lowest BCUT2D eigenvalue weighted by Gasteiger charge is -2.40. The average molecular weight is 485 g/mol. The van der Waals surface area contributed by atoms with Gasteiger partial charge in [-0.2, -0.15) is 0 Å². The first kappa shape index (κ1) is 24.9. The molecule has 0 spiro atoms. The Morgan fingerprint density at radius 3 is 2.06 bits per heavy atom. The summed E-state index contributed by atoms with van der Waals surface area (Å²) in [4.78, 5) is 17.8. The minimum atomic E-state index is -3.70. The minimum Gasteiger partial charge on any atom is -0.352 e. The molecule has 0 bridgehead atoms. The highest BCUT2D eigenvalue weighted by molar-refractivity contribution is 7.89. The molecule has 2 fully saturated rings. The Hall–Kier alpha value is -2.26. The monoisotopic (exact) mass is 484 g/mol. The van der Waals surface area contributed by atoms with Crippen molar-refractivity contribution >= 4 is 15.9 Å². The molecule has 2 aliphatic heterocycles. The second kappa shape index (κ2) is 11.4. The Bertz CT molecular complexity index is 1040. The number of sulfonamides is 1. The molecule has 8 heteroatoms. The van der Waals surface area contributed by atoms with Gasteiger partial charge in [0.05, 0.1) is 4.90 Å². The Kier molecular flexibility index (Phi) is 8.37. The van der Waals surface area contributed by atoms with E-state index in [4.69, 9.17) is 5.14 Å². The molecule has 2 aliphatic rings. The van der Waals surface area contributed by atoms with Gasteiger partial charge in [0.15, 0.2) is 0 Å². The van der Waals surface area contributed by atoms with Gasteiger partial charge in [-0.25, -0.2) is 13.6 Å². The van der Waals surface area contributed by atoms with E-state index in [-0.39, 0.29) is 10.8 Å². The van der Waals surface area contributed by atoms with E-state index >= 15 is 0 Å². The van der Waals surface area contributed by atoms with E-state index in [1.54, 1.807) is 24.3 Å². The smallest absolute Gasteiger partial charge is 0.251 e. The number of rotatable bonds is 8. The van der Waals surface area contributed by atoms with Crippen LogP contribution in [0.1, 0.15) is 48.9 Å². The number of nitrogens with two attached hydrogens (primary N) is 1. The van der Waals surface area contributed by atoms with E-state index < -0.39 is 10.0 Å². The molecule has 34 heavy (non-hydrogen) atoms. The number of nitrogens with one attached hydrogen (secondary N) is 1. The van der Waals surface area contributed by atoms with E-state index in [1.807, 2.05) is 12.1 Å². The first-order valence-electron chi connectivity index (χ1n) is 12.4. The van der Waals surface area contributed by atoms with Crippen molar-refractivity contribution in [3.63, 3.8) is 0 Å². The van der Waals surface area contributed by atoms with Gasteiger partial charge in [0.1, 0.15) is 0 Å². The maximum atomic E-state index is 12.5. The van der Waals surface area contributed by atoms with Gasteiger partial charge in [-0.3, -0.25) is 4.79 Å². The van der Waals surface area contributed by atoms with Gasteiger partial charge < -0.3 is 15.1 Å². The predicted octanol–water partition coefficient (Wildman–Crippen LogP) is 3.07. The first-order chi connectivity index (χ1) is 16.4. The fourth-order valence-corrected chi connectivity index (χ4v) is 5.56. The molecule has 4 rings (SSSR count). The lowest BCUT2D eigenvalue weighted by atomic mass is 10.00. The molecule has 0 unspecified atom stereocenters. The van der Waals surface area contributed by atoms with Crippen molar-refractivity contribution in [2.45, 2.75) is 49.5 Å². The molecule has 2 saturated heterocycles. The van der Waals surface area contributed by atoms with Crippen LogP contribution in [0.15, 0.2) is 53.4 Å². The highest BCUT2D eigenvalue weighted by Gasteiger charge is 2.25. The van der Waals surface area contributed by atoms with Crippen molar-refractivity contribution in [2.24, 2.45) is 5.14 Å². The number of amides is 1. The summed E-state index contributed by atoms with van der Waals surface area (Å²) in [6, 6.07) is 14.5. The van der Waals surface area contributed by atoms with Crippen LogP contribution < -0.4 is 10.5 Å². The molecule has 2 heterocycles. The highest BCUT2D eigenvalue weighted by atomic mass is 32.2. The summed E-state index contributed by atoms with van der Waals surface area (Å²) in [5, 5.41) is 8.18. The number of carbonyl (C=O) groups excluding carboxylic acids is 1. The molecular formula is C26H36N4O3S. The summed E-state index contributed by atoms with van der Waals surface area (Å²) in [5.41, 5.74) is 2.39. The van der Waals surface area contributed by atoms with Crippen LogP contribution in [-0.4, -0.2) is 69.4 Å². The zero-order chi connectivity index (χ0) is 24.0. The Labute approximate surface area is 203 Å². The van der Waals surface area contributed by atoms with E-state index in [0.717, 1.165) is 43.2 Å². The zero-order valence-corrected chi connectivity index (χ0v) is 20.6. The van der Waals surface area contributed by atoms with Gasteiger partial charge in [0.2, 0.25) is 10.0 Å². The molecule has 184 valence electrons. The van der Waals surface area contributed by atoms with Crippen molar-refractivity contribution in [2.75, 3.05) is 39.3 Å². The van der Waals surface area contributed by atoms with E-state index in [1.165, 1.54) is 57.3 Å². The SMILES string of the molecule is NS(=O)(=O)c1ccc(-c2ccc(C(=O)NCCCN3CCC(N4CCCCC4)CC3)cc2)cc1. The summed E-state index contributed by atoms with van der Waals surface area (Å²) in [7, 11) is -3.70. The van der Waals surface area contributed by atoms with Crippen LogP contribution in [0, 0.1) is 0 Å². The summed E-state index contributed by atoms with van der Waals surface area (Å²) in [5.74, 6) is -0.0695. The molecule has 0 atom stereocenters. The van der Waals surface area contributed by atoms with Crippen molar-refractivity contribution in [1.82, 2.24) is 15.1 Å². The van der Waals surface area contributed by atoms with Crippen LogP contribution in [0.25, 0.3) is 11.1 Å². The van der Waals surface area contributed by atoms with Gasteiger partial charge >= 0.3 is 0 Å². The summed E-state index contributed by atoms with van der Waals surface area (Å²) < 4.78 is 22.8. The van der Waals surface area contributed by atoms with Crippen LogP contribution >= 0.6 is 0 Å². The van der Waals surface area contributed by atoms with Crippen LogP contribution in [0.2, 0.25) is 0 Å². The quantitative estimate of drug-likeness (QED) is 0.562. The number of benzene rings is 2. The number of hydrogen-bond donors (Lipinski definition) is 2. The maximum absolute atomic E-state index is 12.5. The molecular weight excluding hydrogens is 448 g/mol. The summed E-state index contributed by atoms with van der Waals surface area (Å²) >= 11 is 0. The topological polar surface area (TPSA) is 95.7 Å². The third-order valence-corrected chi connectivity index (χ3v) is 7.99. The molecule has 0 radical (unpaired) electrons. The molecule has 0 saturated carbocycles. The largest absolute Gasteiger partial charge is 0.352 e. The van der Waals surface area contributed by atoms with Crippen LogP contribution in [0.4, 0.5) is 0 Å². The fourth-order valence-electron chi connectivity index (χ4n) is 5.05. The number of likely N-dealkylation sites (tertiary alicyclic amines) is 2. The average Bonchev–Trinajstić information content (AvgIpc) is 2.87. The van der Waals surface area contributed by atoms with E-state index in [0.29, 0.717) is 12.1 Å². The van der Waals surface area contributed by atoms with E-state index in [9.17, 15) is 13.2 Å². The number of primary sulfonamides is 1. The van der Waals surface area contributed by atoms with Crippen molar-refractivity contribution in [3.8, 4) is 11.1 Å². The van der Waals surface area contributed by atoms with Gasteiger partial charge in [-0.05, 0) is 100 Å². The van der Waals surface area contributed by atoms with Crippen LogP contribution in [-0.2, 0) is 10.0 Å². The third-order valence-electron chi connectivity index (χ3n) is 7.06. The van der Waals surface area contributed by atoms with Gasteiger partial charge in [-0.15, -0.1) is 0 Å². The first-order valence-corrected chi connectivity index (χ1v) is 13.9. The standard InChI is InChI=1S/C26H36N4O3S/c27-34(32,33)25-11-9-22(10-12-25)21-5-7-23(8-6-21)26(31)28-15-4-16-29-19-13-24(14-20-29)30-17-2-1-3-18-30/h5-12,24H,1-4,13-20H2,(H,28,31)(H2,27,32,33). The fraction of sp³-hybridized carbons (Fsp3) is 0.500. The molecule has 0 aliphatic carbocycles. The van der Waals surface area contributed by atoms with Gasteiger partial charge in [0.25, 0.3) is 5.91 Å². The van der Waals surface area contributed by atoms with Gasteiger partial charge in [0, 0.05) is 18.2 Å². The molecule has 3 N–H and O–H groups in total. The number of hydrogen-bond acceptors (Lipinski definition) is 5. The van der Waals surface area contributed by atoms with Crippen molar-refractivity contribution in [3.05, 3.63) is 54.1 Å². The summed E-state index contributed by atoms with van der Waals surface area (Å²) in [6.45, 7) is 6.58. The molecule has 1 amide bonds. The lowest BCUT2D eigenvalue weighted by Crippen LogP contribution is -2.47. The second-order valence-electron chi connectivity index (χ2n) is 9.43. The summed E-state index contributed by atoms with van der Waals surface area (Å²) in [6.07, 6.45) is 7.60. The minimum absolute atomic E-state index is 0.0695. The number of nitrogens with zero attached hydrogens (tertiary/aromatic N) is 2. The molecule has 7 nitrogen and oxygen atoms in total. The molecule has 2 aromatic carbocycles. The Morgan fingerprint density at radius 1 is 0.882 bits per heavy atom. The zero-order valence-electron chi connectivity index (χ0n) is 19.8. The maximum Gasteiger partial charge on any atom is 0.251 e. The third kappa shape index (κ3) is 6.66. The highest BCUT2D eigenvalue weighted by Crippen LogP contribution is 2.22. The number of carbonyl (C=O) groups is 1.